The Bertz CT molecular complexity index is 204. The molecule has 0 radical (unpaired) electrons. The summed E-state index contributed by atoms with van der Waals surface area (Å²) >= 11 is 0. The van der Waals surface area contributed by atoms with Crippen LogP contribution in [0, 0.1) is 5.92 Å². The van der Waals surface area contributed by atoms with Gasteiger partial charge < -0.3 is 10.1 Å². The lowest BCUT2D eigenvalue weighted by Crippen LogP contribution is -2.39. The van der Waals surface area contributed by atoms with Crippen LogP contribution in [0.3, 0.4) is 0 Å². The summed E-state index contributed by atoms with van der Waals surface area (Å²) < 4.78 is 4.49. The highest BCUT2D eigenvalue weighted by molar-refractivity contribution is 5.84. The zero-order chi connectivity index (χ0) is 11.1. The van der Waals surface area contributed by atoms with Crippen LogP contribution in [-0.2, 0) is 14.3 Å². The number of carbonyl (C=O) groups excluding carboxylic acids is 2. The third-order valence-electron chi connectivity index (χ3n) is 2.16. The van der Waals surface area contributed by atoms with E-state index in [0.29, 0.717) is 12.3 Å². The average Bonchev–Trinajstić information content (AvgIpc) is 2.15. The molecular weight excluding hydrogens is 182 g/mol. The fourth-order valence-corrected chi connectivity index (χ4v) is 0.997. The SMILES string of the molecule is CCC(C)CC(=O)NC(C)C(=O)OC. The molecule has 0 aromatic rings. The molecule has 0 spiro atoms. The van der Waals surface area contributed by atoms with Crippen LogP contribution in [0.15, 0.2) is 0 Å². The van der Waals surface area contributed by atoms with Gasteiger partial charge in [0.1, 0.15) is 6.04 Å². The zero-order valence-electron chi connectivity index (χ0n) is 9.29. The zero-order valence-corrected chi connectivity index (χ0v) is 9.29. The molecule has 0 fully saturated rings. The van der Waals surface area contributed by atoms with Gasteiger partial charge >= 0.3 is 5.97 Å². The molecule has 0 saturated heterocycles. The molecule has 4 heteroatoms. The van der Waals surface area contributed by atoms with Gasteiger partial charge in [0.25, 0.3) is 0 Å². The Kier molecular flexibility index (Phi) is 5.92. The Labute approximate surface area is 85.0 Å². The van der Waals surface area contributed by atoms with Gasteiger partial charge in [-0.05, 0) is 12.8 Å². The highest BCUT2D eigenvalue weighted by Gasteiger charge is 2.16. The van der Waals surface area contributed by atoms with E-state index in [9.17, 15) is 9.59 Å². The molecule has 0 rings (SSSR count). The van der Waals surface area contributed by atoms with Crippen LogP contribution in [0.1, 0.15) is 33.6 Å². The smallest absolute Gasteiger partial charge is 0.328 e. The van der Waals surface area contributed by atoms with Gasteiger partial charge in [-0.3, -0.25) is 4.79 Å². The minimum absolute atomic E-state index is 0.0998. The van der Waals surface area contributed by atoms with Crippen LogP contribution >= 0.6 is 0 Å². The average molecular weight is 201 g/mol. The van der Waals surface area contributed by atoms with E-state index < -0.39 is 12.0 Å². The lowest BCUT2D eigenvalue weighted by molar-refractivity contribution is -0.144. The topological polar surface area (TPSA) is 55.4 Å². The molecular formula is C10H19NO3. The molecule has 4 nitrogen and oxygen atoms in total. The number of ether oxygens (including phenoxy) is 1. The molecule has 1 N–H and O–H groups in total. The highest BCUT2D eigenvalue weighted by atomic mass is 16.5. The third-order valence-corrected chi connectivity index (χ3v) is 2.16. The second-order valence-corrected chi connectivity index (χ2v) is 3.53. The first-order chi connectivity index (χ1) is 6.51. The van der Waals surface area contributed by atoms with E-state index in [1.165, 1.54) is 7.11 Å². The molecule has 0 aliphatic rings. The summed E-state index contributed by atoms with van der Waals surface area (Å²) in [7, 11) is 1.31. The van der Waals surface area contributed by atoms with Gasteiger partial charge in [0.15, 0.2) is 0 Å². The lowest BCUT2D eigenvalue weighted by atomic mass is 10.0. The van der Waals surface area contributed by atoms with Gasteiger partial charge in [-0.1, -0.05) is 20.3 Å². The van der Waals surface area contributed by atoms with Crippen molar-refractivity contribution >= 4 is 11.9 Å². The maximum Gasteiger partial charge on any atom is 0.328 e. The summed E-state index contributed by atoms with van der Waals surface area (Å²) in [5.74, 6) is -0.167. The minimum Gasteiger partial charge on any atom is -0.467 e. The van der Waals surface area contributed by atoms with E-state index in [2.05, 4.69) is 10.1 Å². The predicted octanol–water partition coefficient (Wildman–Crippen LogP) is 1.10. The molecule has 0 aliphatic heterocycles. The van der Waals surface area contributed by atoms with Crippen molar-refractivity contribution in [2.24, 2.45) is 5.92 Å². The summed E-state index contributed by atoms with van der Waals surface area (Å²) in [6.45, 7) is 5.64. The van der Waals surface area contributed by atoms with Crippen LogP contribution in [0.2, 0.25) is 0 Å². The van der Waals surface area contributed by atoms with E-state index >= 15 is 0 Å². The van der Waals surface area contributed by atoms with E-state index in [4.69, 9.17) is 0 Å². The molecule has 1 amide bonds. The standard InChI is InChI=1S/C10H19NO3/c1-5-7(2)6-9(12)11-8(3)10(13)14-4/h7-8H,5-6H2,1-4H3,(H,11,12). The van der Waals surface area contributed by atoms with Crippen molar-refractivity contribution in [3.63, 3.8) is 0 Å². The van der Waals surface area contributed by atoms with Crippen LogP contribution in [0.5, 0.6) is 0 Å². The highest BCUT2D eigenvalue weighted by Crippen LogP contribution is 2.05. The maximum atomic E-state index is 11.3. The number of carbonyl (C=O) groups is 2. The van der Waals surface area contributed by atoms with Gasteiger partial charge in [0.05, 0.1) is 7.11 Å². The largest absolute Gasteiger partial charge is 0.467 e. The summed E-state index contributed by atoms with van der Waals surface area (Å²) in [6, 6.07) is -0.559. The molecule has 2 unspecified atom stereocenters. The summed E-state index contributed by atoms with van der Waals surface area (Å²) in [5.41, 5.74) is 0. The number of esters is 1. The van der Waals surface area contributed by atoms with Crippen molar-refractivity contribution in [1.82, 2.24) is 5.32 Å². The van der Waals surface area contributed by atoms with Crippen molar-refractivity contribution in [3.05, 3.63) is 0 Å². The predicted molar refractivity (Wildman–Crippen MR) is 53.7 cm³/mol. The minimum atomic E-state index is -0.559. The first kappa shape index (κ1) is 12.9. The second-order valence-electron chi connectivity index (χ2n) is 3.53. The van der Waals surface area contributed by atoms with Gasteiger partial charge in [0.2, 0.25) is 5.91 Å². The molecule has 0 aromatic heterocycles. The number of nitrogens with one attached hydrogen (secondary N) is 1. The van der Waals surface area contributed by atoms with Crippen LogP contribution in [0.25, 0.3) is 0 Å². The summed E-state index contributed by atoms with van der Waals surface area (Å²) in [5, 5.41) is 2.58. The lowest BCUT2D eigenvalue weighted by Gasteiger charge is -2.13. The fraction of sp³-hybridized carbons (Fsp3) is 0.800. The first-order valence-corrected chi connectivity index (χ1v) is 4.88. The van der Waals surface area contributed by atoms with Crippen LogP contribution in [-0.4, -0.2) is 25.0 Å². The van der Waals surface area contributed by atoms with E-state index in [1.807, 2.05) is 13.8 Å². The van der Waals surface area contributed by atoms with Gasteiger partial charge in [-0.25, -0.2) is 4.79 Å². The second kappa shape index (κ2) is 6.40. The van der Waals surface area contributed by atoms with E-state index in [-0.39, 0.29) is 5.91 Å². The quantitative estimate of drug-likeness (QED) is 0.678. The van der Waals surface area contributed by atoms with Crippen molar-refractivity contribution in [2.75, 3.05) is 7.11 Å². The third kappa shape index (κ3) is 4.84. The number of hydrogen-bond donors (Lipinski definition) is 1. The van der Waals surface area contributed by atoms with E-state index in [1.54, 1.807) is 6.92 Å². The van der Waals surface area contributed by atoms with Gasteiger partial charge in [-0.2, -0.15) is 0 Å². The Hall–Kier alpha value is -1.06. The molecule has 0 aliphatic carbocycles. The molecule has 0 bridgehead atoms. The van der Waals surface area contributed by atoms with Gasteiger partial charge in [-0.15, -0.1) is 0 Å². The van der Waals surface area contributed by atoms with E-state index in [0.717, 1.165) is 6.42 Å². The summed E-state index contributed by atoms with van der Waals surface area (Å²) in [6.07, 6.45) is 1.41. The van der Waals surface area contributed by atoms with Crippen LogP contribution in [0.4, 0.5) is 0 Å². The molecule has 0 saturated carbocycles. The Morgan fingerprint density at radius 3 is 2.36 bits per heavy atom. The number of hydrogen-bond acceptors (Lipinski definition) is 3. The Morgan fingerprint density at radius 1 is 1.36 bits per heavy atom. The monoisotopic (exact) mass is 201 g/mol. The van der Waals surface area contributed by atoms with Crippen molar-refractivity contribution in [2.45, 2.75) is 39.7 Å². The van der Waals surface area contributed by atoms with Crippen molar-refractivity contribution in [3.8, 4) is 0 Å². The first-order valence-electron chi connectivity index (χ1n) is 4.88. The molecule has 82 valence electrons. The van der Waals surface area contributed by atoms with Crippen molar-refractivity contribution < 1.29 is 14.3 Å². The molecule has 14 heavy (non-hydrogen) atoms. The Balaban J connectivity index is 3.88. The normalized spacial score (nSPS) is 14.3. The van der Waals surface area contributed by atoms with Crippen LogP contribution < -0.4 is 5.32 Å². The molecule has 2 atom stereocenters. The van der Waals surface area contributed by atoms with Crippen molar-refractivity contribution in [1.29, 1.82) is 0 Å². The maximum absolute atomic E-state index is 11.3. The molecule has 0 aromatic carbocycles. The number of methoxy groups -OCH3 is 1. The molecule has 0 heterocycles. The number of amides is 1. The summed E-state index contributed by atoms with van der Waals surface area (Å²) in [4.78, 5) is 22.3. The van der Waals surface area contributed by atoms with Gasteiger partial charge in [0, 0.05) is 6.42 Å². The Morgan fingerprint density at radius 2 is 1.93 bits per heavy atom. The fourth-order valence-electron chi connectivity index (χ4n) is 0.997. The number of rotatable bonds is 5.